The van der Waals surface area contributed by atoms with Crippen molar-refractivity contribution in [2.45, 2.75) is 40.0 Å². The van der Waals surface area contributed by atoms with Crippen LogP contribution in [0.3, 0.4) is 0 Å². The van der Waals surface area contributed by atoms with Gasteiger partial charge in [-0.05, 0) is 103 Å². The van der Waals surface area contributed by atoms with Crippen LogP contribution in [0.15, 0.2) is 133 Å². The van der Waals surface area contributed by atoms with E-state index in [0.717, 1.165) is 35.1 Å². The molecule has 0 saturated heterocycles. The van der Waals surface area contributed by atoms with Gasteiger partial charge in [-0.2, -0.15) is 0 Å². The molecule has 0 saturated carbocycles. The van der Waals surface area contributed by atoms with Crippen molar-refractivity contribution in [1.29, 1.82) is 0 Å². The minimum Gasteiger partial charge on any atom is -0.457 e. The second-order valence-electron chi connectivity index (χ2n) is 13.7. The summed E-state index contributed by atoms with van der Waals surface area (Å²) in [7, 11) is 0. The summed E-state index contributed by atoms with van der Waals surface area (Å²) in [4.78, 5) is 4.77. The average Bonchev–Trinajstić information content (AvgIpc) is 3.62. The highest BCUT2D eigenvalue weighted by Gasteiger charge is 2.28. The predicted molar refractivity (Wildman–Crippen MR) is 197 cm³/mol. The lowest BCUT2D eigenvalue weighted by Gasteiger charge is -2.25. The van der Waals surface area contributed by atoms with Crippen LogP contribution in [0, 0.1) is 13.8 Å². The van der Waals surface area contributed by atoms with Gasteiger partial charge < -0.3 is 19.1 Å². The lowest BCUT2D eigenvalue weighted by molar-refractivity contribution is 0.483. The topological polar surface area (TPSA) is 20.6 Å². The minimum absolute atomic E-state index is 0.0804. The second kappa shape index (κ2) is 11.1. The third-order valence-electron chi connectivity index (χ3n) is 9.53. The van der Waals surface area contributed by atoms with Crippen LogP contribution in [0.4, 0.5) is 22.7 Å². The van der Waals surface area contributed by atoms with Crippen molar-refractivity contribution in [2.75, 3.05) is 16.5 Å². The van der Waals surface area contributed by atoms with E-state index in [1.54, 1.807) is 0 Å². The molecule has 0 fully saturated rings. The van der Waals surface area contributed by atoms with Crippen molar-refractivity contribution < 1.29 is 4.74 Å². The Bertz CT molecular complexity index is 2290. The summed E-state index contributed by atoms with van der Waals surface area (Å²) in [5.41, 5.74) is 12.1. The van der Waals surface area contributed by atoms with E-state index in [1.807, 2.05) is 6.07 Å². The molecule has 8 rings (SSSR count). The quantitative estimate of drug-likeness (QED) is 0.193. The highest BCUT2D eigenvalue weighted by Crippen LogP contribution is 2.45. The van der Waals surface area contributed by atoms with Gasteiger partial charge in [-0.3, -0.25) is 0 Å². The molecule has 1 aromatic heterocycles. The van der Waals surface area contributed by atoms with E-state index in [1.165, 1.54) is 50.0 Å². The molecule has 2 heterocycles. The molecule has 0 spiro atoms. The number of benzene rings is 6. The molecule has 0 radical (unpaired) electrons. The molecule has 4 heteroatoms. The molecule has 6 aromatic carbocycles. The zero-order valence-electron chi connectivity index (χ0n) is 27.7. The van der Waals surface area contributed by atoms with Crippen LogP contribution in [0.1, 0.15) is 37.5 Å². The van der Waals surface area contributed by atoms with E-state index >= 15 is 0 Å². The molecule has 0 bridgehead atoms. The molecule has 47 heavy (non-hydrogen) atoms. The summed E-state index contributed by atoms with van der Waals surface area (Å²) in [5.74, 6) is 1.62. The first-order valence-electron chi connectivity index (χ1n) is 16.4. The first-order valence-corrected chi connectivity index (χ1v) is 16.4. The van der Waals surface area contributed by atoms with Crippen LogP contribution in [0.5, 0.6) is 11.5 Å². The van der Waals surface area contributed by atoms with Crippen LogP contribution < -0.4 is 14.5 Å². The van der Waals surface area contributed by atoms with Gasteiger partial charge in [0.05, 0.1) is 22.4 Å². The maximum absolute atomic E-state index is 6.62. The molecule has 0 aliphatic carbocycles. The average molecular weight is 614 g/mol. The number of anilines is 4. The number of hydrogen-bond donors (Lipinski definition) is 0. The molecular formula is C43H39N3O. The van der Waals surface area contributed by atoms with E-state index in [0.29, 0.717) is 0 Å². The number of aryl methyl sites for hydroxylation is 2. The third-order valence-corrected chi connectivity index (χ3v) is 9.53. The number of fused-ring (bicyclic) bond motifs is 4. The Balaban J connectivity index is 1.15. The largest absolute Gasteiger partial charge is 0.457 e. The lowest BCUT2D eigenvalue weighted by atomic mass is 9.87. The Morgan fingerprint density at radius 3 is 1.91 bits per heavy atom. The van der Waals surface area contributed by atoms with Crippen molar-refractivity contribution in [1.82, 2.24) is 4.57 Å². The summed E-state index contributed by atoms with van der Waals surface area (Å²) < 4.78 is 8.97. The summed E-state index contributed by atoms with van der Waals surface area (Å²) in [6, 6.07) is 47.8. The summed E-state index contributed by atoms with van der Waals surface area (Å²) in [5, 5.41) is 2.45. The first-order chi connectivity index (χ1) is 22.7. The Morgan fingerprint density at radius 1 is 0.511 bits per heavy atom. The zero-order chi connectivity index (χ0) is 32.3. The predicted octanol–water partition coefficient (Wildman–Crippen LogP) is 11.7. The maximum Gasteiger partial charge on any atom is 0.129 e. The fourth-order valence-corrected chi connectivity index (χ4v) is 6.80. The van der Waals surface area contributed by atoms with Crippen molar-refractivity contribution in [3.63, 3.8) is 0 Å². The maximum atomic E-state index is 6.62. The molecule has 232 valence electrons. The molecule has 4 nitrogen and oxygen atoms in total. The van der Waals surface area contributed by atoms with Gasteiger partial charge >= 0.3 is 0 Å². The number of para-hydroxylation sites is 3. The van der Waals surface area contributed by atoms with Crippen LogP contribution in [-0.4, -0.2) is 11.2 Å². The Morgan fingerprint density at radius 2 is 1.17 bits per heavy atom. The highest BCUT2D eigenvalue weighted by atomic mass is 16.5. The van der Waals surface area contributed by atoms with Crippen molar-refractivity contribution >= 4 is 44.6 Å². The van der Waals surface area contributed by atoms with Gasteiger partial charge in [0.2, 0.25) is 0 Å². The molecule has 1 aliphatic rings. The molecule has 0 N–H and O–H groups in total. The standard InChI is InChI=1S/C43H39N3O/c1-29-20-21-34(24-30(29)2)46-39-17-7-6-16-37(39)38-23-22-36(27-42(38)46)47-35-15-11-14-33(26-35)45-28-44(40-18-8-9-19-41(40)45)32-13-10-12-31(25-32)43(3,4)5/h6-27H,28H2,1-5H3. The first kappa shape index (κ1) is 29.0. The van der Waals surface area contributed by atoms with Crippen molar-refractivity contribution in [3.8, 4) is 17.2 Å². The van der Waals surface area contributed by atoms with Gasteiger partial charge in [-0.25, -0.2) is 0 Å². The normalized spacial score (nSPS) is 13.0. The smallest absolute Gasteiger partial charge is 0.129 e. The van der Waals surface area contributed by atoms with E-state index in [9.17, 15) is 0 Å². The summed E-state index contributed by atoms with van der Waals surface area (Å²) >= 11 is 0. The number of nitrogens with zero attached hydrogens (tertiary/aromatic N) is 3. The molecule has 0 atom stereocenters. The van der Waals surface area contributed by atoms with Gasteiger partial charge in [-0.1, -0.05) is 75.4 Å². The van der Waals surface area contributed by atoms with E-state index < -0.39 is 0 Å². The number of ether oxygens (including phenoxy) is 1. The van der Waals surface area contributed by atoms with Gasteiger partial charge in [0.25, 0.3) is 0 Å². The Hall–Kier alpha value is -5.48. The van der Waals surface area contributed by atoms with Gasteiger partial charge in [0.1, 0.15) is 18.2 Å². The van der Waals surface area contributed by atoms with Crippen molar-refractivity contribution in [3.05, 3.63) is 150 Å². The fourth-order valence-electron chi connectivity index (χ4n) is 6.80. The molecule has 0 unspecified atom stereocenters. The minimum atomic E-state index is 0.0804. The second-order valence-corrected chi connectivity index (χ2v) is 13.7. The molecule has 0 amide bonds. The Kier molecular flexibility index (Phi) is 6.84. The zero-order valence-corrected chi connectivity index (χ0v) is 27.7. The summed E-state index contributed by atoms with van der Waals surface area (Å²) in [6.07, 6.45) is 0. The van der Waals surface area contributed by atoms with Crippen molar-refractivity contribution in [2.24, 2.45) is 0 Å². The SMILES string of the molecule is Cc1ccc(-n2c3ccccc3c3ccc(Oc4cccc(N5CN(c6cccc(C(C)(C)C)c6)c6ccccc65)c4)cc32)cc1C. The van der Waals surface area contributed by atoms with Gasteiger partial charge in [0.15, 0.2) is 0 Å². The third kappa shape index (κ3) is 5.11. The lowest BCUT2D eigenvalue weighted by Crippen LogP contribution is -2.24. The number of rotatable bonds is 5. The number of aromatic nitrogens is 1. The van der Waals surface area contributed by atoms with Crippen LogP contribution >= 0.6 is 0 Å². The van der Waals surface area contributed by atoms with E-state index in [4.69, 9.17) is 4.74 Å². The highest BCUT2D eigenvalue weighted by molar-refractivity contribution is 6.09. The molecular weight excluding hydrogens is 574 g/mol. The van der Waals surface area contributed by atoms with Gasteiger partial charge in [-0.15, -0.1) is 0 Å². The van der Waals surface area contributed by atoms with E-state index in [-0.39, 0.29) is 5.41 Å². The van der Waals surface area contributed by atoms with E-state index in [2.05, 4.69) is 176 Å². The monoisotopic (exact) mass is 613 g/mol. The van der Waals surface area contributed by atoms with Gasteiger partial charge in [0, 0.05) is 40.0 Å². The fraction of sp³-hybridized carbons (Fsp3) is 0.163. The Labute approximate surface area is 277 Å². The summed E-state index contributed by atoms with van der Waals surface area (Å²) in [6.45, 7) is 11.9. The van der Waals surface area contributed by atoms with Crippen LogP contribution in [0.2, 0.25) is 0 Å². The molecule has 7 aromatic rings. The number of hydrogen-bond acceptors (Lipinski definition) is 3. The molecule has 1 aliphatic heterocycles. The van der Waals surface area contributed by atoms with Crippen LogP contribution in [-0.2, 0) is 5.41 Å². The van der Waals surface area contributed by atoms with Crippen LogP contribution in [0.25, 0.3) is 27.5 Å².